The summed E-state index contributed by atoms with van der Waals surface area (Å²) in [6.07, 6.45) is 2.28. The number of ether oxygens (including phenoxy) is 3. The van der Waals surface area contributed by atoms with E-state index in [4.69, 9.17) is 19.0 Å². The van der Waals surface area contributed by atoms with Gasteiger partial charge in [-0.3, -0.25) is 9.80 Å². The van der Waals surface area contributed by atoms with Gasteiger partial charge in [0, 0.05) is 50.4 Å². The Bertz CT molecular complexity index is 1110. The molecule has 2 unspecified atom stereocenters. The maximum atomic E-state index is 6.21. The molecule has 35 heavy (non-hydrogen) atoms. The molecule has 0 bridgehead atoms. The highest BCUT2D eigenvalue weighted by Crippen LogP contribution is 2.44. The van der Waals surface area contributed by atoms with Gasteiger partial charge in [0.05, 0.1) is 20.1 Å². The van der Waals surface area contributed by atoms with Gasteiger partial charge in [0.15, 0.2) is 17.6 Å². The van der Waals surface area contributed by atoms with E-state index < -0.39 is 0 Å². The van der Waals surface area contributed by atoms with Crippen LogP contribution in [0.5, 0.6) is 17.2 Å². The van der Waals surface area contributed by atoms with Crippen molar-refractivity contribution in [3.05, 3.63) is 58.7 Å². The highest BCUT2D eigenvalue weighted by atomic mass is 16.6. The van der Waals surface area contributed by atoms with Gasteiger partial charge in [-0.2, -0.15) is 0 Å². The van der Waals surface area contributed by atoms with Gasteiger partial charge in [-0.1, -0.05) is 47.1 Å². The van der Waals surface area contributed by atoms with E-state index in [1.165, 1.54) is 11.1 Å². The van der Waals surface area contributed by atoms with E-state index in [1.54, 1.807) is 14.2 Å². The molecule has 3 heterocycles. The molecule has 0 radical (unpaired) electrons. The van der Waals surface area contributed by atoms with Crippen LogP contribution in [-0.4, -0.2) is 81.7 Å². The van der Waals surface area contributed by atoms with Crippen molar-refractivity contribution in [2.24, 2.45) is 11.1 Å². The molecule has 3 aliphatic heterocycles. The lowest BCUT2D eigenvalue weighted by Crippen LogP contribution is -2.50. The topological polar surface area (TPSA) is 55.8 Å². The van der Waals surface area contributed by atoms with Crippen LogP contribution >= 0.6 is 0 Å². The van der Waals surface area contributed by atoms with Gasteiger partial charge in [-0.25, -0.2) is 0 Å². The van der Waals surface area contributed by atoms with Crippen molar-refractivity contribution in [3.63, 3.8) is 0 Å². The average molecular weight is 478 g/mol. The summed E-state index contributed by atoms with van der Waals surface area (Å²) >= 11 is 0. The zero-order valence-electron chi connectivity index (χ0n) is 21.1. The molecule has 0 aliphatic carbocycles. The fourth-order valence-electron chi connectivity index (χ4n) is 5.36. The number of hydrogen-bond donors (Lipinski definition) is 0. The van der Waals surface area contributed by atoms with Crippen molar-refractivity contribution in [2.45, 2.75) is 20.0 Å². The molecule has 5 rings (SSSR count). The van der Waals surface area contributed by atoms with Crippen LogP contribution in [0.3, 0.4) is 0 Å². The molecule has 1 saturated heterocycles. The second-order valence-corrected chi connectivity index (χ2v) is 9.63. The Balaban J connectivity index is 1.17. The number of nitrogens with zero attached hydrogens (tertiary/aromatic N) is 3. The highest BCUT2D eigenvalue weighted by molar-refractivity contribution is 6.07. The molecule has 186 valence electrons. The molecule has 7 nitrogen and oxygen atoms in total. The summed E-state index contributed by atoms with van der Waals surface area (Å²) in [7, 11) is 3.30. The van der Waals surface area contributed by atoms with Crippen molar-refractivity contribution in [1.82, 2.24) is 9.80 Å². The van der Waals surface area contributed by atoms with E-state index in [0.29, 0.717) is 18.1 Å². The molecule has 1 fully saturated rings. The quantitative estimate of drug-likeness (QED) is 0.604. The van der Waals surface area contributed by atoms with Gasteiger partial charge in [-0.05, 0) is 25.5 Å². The minimum Gasteiger partial charge on any atom is -0.493 e. The lowest BCUT2D eigenvalue weighted by Gasteiger charge is -2.36. The van der Waals surface area contributed by atoms with Crippen molar-refractivity contribution in [1.29, 1.82) is 0 Å². The molecule has 2 atom stereocenters. The van der Waals surface area contributed by atoms with Gasteiger partial charge in [-0.15, -0.1) is 0 Å². The van der Waals surface area contributed by atoms with Crippen LogP contribution in [0.1, 0.15) is 23.6 Å². The summed E-state index contributed by atoms with van der Waals surface area (Å²) in [5, 5.41) is 4.51. The average Bonchev–Trinajstić information content (AvgIpc) is 3.28. The summed E-state index contributed by atoms with van der Waals surface area (Å²) in [5.41, 5.74) is 5.49. The summed E-state index contributed by atoms with van der Waals surface area (Å²) < 4.78 is 17.3. The number of rotatable bonds is 7. The molecular weight excluding hydrogens is 442 g/mol. The predicted octanol–water partition coefficient (Wildman–Crippen LogP) is 3.84. The van der Waals surface area contributed by atoms with Gasteiger partial charge in [0.1, 0.15) is 18.1 Å². The normalized spacial score (nSPS) is 22.5. The molecule has 0 N–H and O–H groups in total. The first kappa shape index (κ1) is 23.7. The predicted molar refractivity (Wildman–Crippen MR) is 138 cm³/mol. The SMILES string of the molecule is COc1cc2c(c(C)c1OC)OCC1C2=NOC1CN1CCN(C/C(C)=C/c2ccccc2)CC1. The fourth-order valence-corrected chi connectivity index (χ4v) is 5.36. The second kappa shape index (κ2) is 10.3. The molecule has 2 aromatic rings. The van der Waals surface area contributed by atoms with Gasteiger partial charge in [0.25, 0.3) is 0 Å². The van der Waals surface area contributed by atoms with Gasteiger partial charge < -0.3 is 19.0 Å². The Hall–Kier alpha value is -3.03. The summed E-state index contributed by atoms with van der Waals surface area (Å²) in [6.45, 7) is 10.8. The number of hydrogen-bond acceptors (Lipinski definition) is 7. The first-order chi connectivity index (χ1) is 17.1. The molecule has 0 amide bonds. The van der Waals surface area contributed by atoms with Crippen LogP contribution in [0.4, 0.5) is 0 Å². The van der Waals surface area contributed by atoms with E-state index >= 15 is 0 Å². The van der Waals surface area contributed by atoms with Crippen LogP contribution in [0.2, 0.25) is 0 Å². The highest BCUT2D eigenvalue weighted by Gasteiger charge is 2.42. The third kappa shape index (κ3) is 4.88. The molecule has 0 aromatic heterocycles. The van der Waals surface area contributed by atoms with Crippen molar-refractivity contribution in [2.75, 3.05) is 60.1 Å². The van der Waals surface area contributed by atoms with Gasteiger partial charge >= 0.3 is 0 Å². The number of fused-ring (bicyclic) bond motifs is 3. The molecule has 2 aromatic carbocycles. The van der Waals surface area contributed by atoms with Gasteiger partial charge in [0.2, 0.25) is 0 Å². The standard InChI is InChI=1S/C28H35N3O4/c1-19(14-21-8-6-5-7-9-21)16-30-10-12-31(13-11-30)17-25-23-18-34-27-20(2)28(33-4)24(32-3)15-22(27)26(23)29-35-25/h5-9,14-15,23,25H,10-13,16-18H2,1-4H3/b19-14+. The van der Waals surface area contributed by atoms with E-state index in [-0.39, 0.29) is 12.0 Å². The maximum absolute atomic E-state index is 6.21. The van der Waals surface area contributed by atoms with Crippen LogP contribution in [-0.2, 0) is 4.84 Å². The Morgan fingerprint density at radius 1 is 1.09 bits per heavy atom. The number of methoxy groups -OCH3 is 2. The summed E-state index contributed by atoms with van der Waals surface area (Å²) in [4.78, 5) is 11.0. The largest absolute Gasteiger partial charge is 0.493 e. The Morgan fingerprint density at radius 2 is 1.83 bits per heavy atom. The monoisotopic (exact) mass is 477 g/mol. The number of benzene rings is 2. The minimum atomic E-state index is -0.00202. The smallest absolute Gasteiger partial charge is 0.167 e. The minimum absolute atomic E-state index is 0.00202. The van der Waals surface area contributed by atoms with Crippen LogP contribution < -0.4 is 14.2 Å². The molecule has 0 spiro atoms. The van der Waals surface area contributed by atoms with Crippen LogP contribution in [0.25, 0.3) is 6.08 Å². The molecule has 7 heteroatoms. The number of oxime groups is 1. The fraction of sp³-hybridized carbons (Fsp3) is 0.464. The third-order valence-corrected chi connectivity index (χ3v) is 7.21. The lowest BCUT2D eigenvalue weighted by molar-refractivity contribution is 0.0100. The first-order valence-electron chi connectivity index (χ1n) is 12.4. The van der Waals surface area contributed by atoms with Crippen molar-refractivity contribution in [3.8, 4) is 17.2 Å². The second-order valence-electron chi connectivity index (χ2n) is 9.63. The lowest BCUT2D eigenvalue weighted by atomic mass is 9.88. The van der Waals surface area contributed by atoms with Crippen molar-refractivity contribution < 1.29 is 19.0 Å². The van der Waals surface area contributed by atoms with Crippen LogP contribution in [0.15, 0.2) is 47.1 Å². The molecule has 0 saturated carbocycles. The Labute approximate surface area is 207 Å². The maximum Gasteiger partial charge on any atom is 0.167 e. The van der Waals surface area contributed by atoms with Crippen LogP contribution in [0, 0.1) is 12.8 Å². The zero-order valence-corrected chi connectivity index (χ0v) is 21.1. The van der Waals surface area contributed by atoms with E-state index in [9.17, 15) is 0 Å². The van der Waals surface area contributed by atoms with E-state index in [1.807, 2.05) is 13.0 Å². The van der Waals surface area contributed by atoms with E-state index in [2.05, 4.69) is 58.3 Å². The van der Waals surface area contributed by atoms with Crippen molar-refractivity contribution >= 4 is 11.8 Å². The molecule has 3 aliphatic rings. The Kier molecular flexibility index (Phi) is 6.97. The summed E-state index contributed by atoms with van der Waals surface area (Å²) in [5.74, 6) is 2.32. The van der Waals surface area contributed by atoms with E-state index in [0.717, 1.165) is 61.9 Å². The first-order valence-corrected chi connectivity index (χ1v) is 12.4. The molecular formula is C28H35N3O4. The third-order valence-electron chi connectivity index (χ3n) is 7.21. The zero-order chi connectivity index (χ0) is 24.4. The Morgan fingerprint density at radius 3 is 2.54 bits per heavy atom. The summed E-state index contributed by atoms with van der Waals surface area (Å²) in [6, 6.07) is 12.5. The number of piperazine rings is 1.